The molecule has 0 aromatic heterocycles. The van der Waals surface area contributed by atoms with Gasteiger partial charge in [-0.2, -0.15) is 0 Å². The molecular formula is C42H44Hf. The molecule has 1 saturated heterocycles. The van der Waals surface area contributed by atoms with Gasteiger partial charge in [0, 0.05) is 0 Å². The average molecular weight is 727 g/mol. The molecule has 4 aliphatic rings. The molecule has 0 nitrogen and oxygen atoms in total. The quantitative estimate of drug-likeness (QED) is 0.180. The molecule has 1 aliphatic heterocycles. The van der Waals surface area contributed by atoms with Crippen molar-refractivity contribution in [2.75, 3.05) is 0 Å². The van der Waals surface area contributed by atoms with E-state index in [1.807, 2.05) is 11.1 Å². The Hall–Kier alpha value is -2.77. The van der Waals surface area contributed by atoms with Crippen molar-refractivity contribution in [3.8, 4) is 22.3 Å². The van der Waals surface area contributed by atoms with Crippen LogP contribution in [0.25, 0.3) is 34.4 Å². The molecule has 43 heavy (non-hydrogen) atoms. The molecule has 2 atom stereocenters. The Morgan fingerprint density at radius 2 is 1.02 bits per heavy atom. The second kappa shape index (κ2) is 9.87. The first-order chi connectivity index (χ1) is 20.7. The maximum absolute atomic E-state index is 3.07. The Morgan fingerprint density at radius 1 is 0.558 bits per heavy atom. The Morgan fingerprint density at radius 3 is 1.49 bits per heavy atom. The van der Waals surface area contributed by atoms with E-state index in [1.165, 1.54) is 76.6 Å². The third-order valence-electron chi connectivity index (χ3n) is 11.8. The molecule has 1 heteroatoms. The molecule has 1 spiro atoms. The first-order valence-corrected chi connectivity index (χ1v) is 27.9. The van der Waals surface area contributed by atoms with Crippen molar-refractivity contribution >= 4 is 12.2 Å². The van der Waals surface area contributed by atoms with E-state index in [9.17, 15) is 0 Å². The van der Waals surface area contributed by atoms with E-state index in [2.05, 4.69) is 122 Å². The van der Waals surface area contributed by atoms with Crippen molar-refractivity contribution in [3.63, 3.8) is 0 Å². The summed E-state index contributed by atoms with van der Waals surface area (Å²) in [5, 5.41) is 0. The summed E-state index contributed by atoms with van der Waals surface area (Å²) in [6, 6.07) is 28.6. The number of benzene rings is 4. The zero-order valence-corrected chi connectivity index (χ0v) is 30.4. The number of allylic oxidation sites excluding steroid dienone is 2. The second-order valence-electron chi connectivity index (χ2n) is 14.8. The fraction of sp³-hybridized carbons (Fsp3) is 0.333. The van der Waals surface area contributed by atoms with Crippen molar-refractivity contribution in [1.82, 2.24) is 0 Å². The van der Waals surface area contributed by atoms with Gasteiger partial charge in [-0.1, -0.05) is 0 Å². The summed E-state index contributed by atoms with van der Waals surface area (Å²) < 4.78 is 6.92. The number of aryl methyl sites for hydroxylation is 4. The van der Waals surface area contributed by atoms with Crippen LogP contribution in [-0.2, 0) is 20.0 Å². The number of fused-ring (bicyclic) bond motifs is 8. The minimum absolute atomic E-state index is 0.207. The SMILES string of the molecule is Cc1ccc(C)c(-c2cccc3c2C=C2[CH]3[Hf]([CH3])([CH3])[CH]3C(=Cc4c(-c5cc(C)ccc5C)cccc43)C23CCCCC3)c1. The standard InChI is InChI=1S/C40H38.2CH3.Hf/c1-26-14-16-28(3)36(20-26)34-12-8-10-30-22-32(24-38(30)34)40(18-6-5-7-19-40)33-23-31-11-9-13-35(39(31)25-33)37-21-27(2)15-17-29(37)4;;;/h8-17,20-25H,5-7,18-19H2,1-4H3;2*1H3;. The summed E-state index contributed by atoms with van der Waals surface area (Å²) >= 11 is -3.07. The van der Waals surface area contributed by atoms with E-state index in [0.29, 0.717) is 7.35 Å². The Balaban J connectivity index is 1.38. The predicted molar refractivity (Wildman–Crippen MR) is 181 cm³/mol. The number of hydrogen-bond donors (Lipinski definition) is 0. The molecule has 1 heterocycles. The van der Waals surface area contributed by atoms with Crippen molar-refractivity contribution in [1.29, 1.82) is 0 Å². The van der Waals surface area contributed by atoms with Gasteiger partial charge in [0.25, 0.3) is 0 Å². The Bertz CT molecular complexity index is 1740. The first kappa shape index (κ1) is 27.8. The summed E-state index contributed by atoms with van der Waals surface area (Å²) in [6.07, 6.45) is 12.2. The van der Waals surface area contributed by atoms with Gasteiger partial charge in [0.2, 0.25) is 0 Å². The normalized spacial score (nSPS) is 22.4. The molecule has 0 bridgehead atoms. The summed E-state index contributed by atoms with van der Waals surface area (Å²) in [5.74, 6) is 0. The third-order valence-corrected chi connectivity index (χ3v) is 27.0. The van der Waals surface area contributed by atoms with Crippen molar-refractivity contribution < 1.29 is 20.0 Å². The van der Waals surface area contributed by atoms with E-state index in [4.69, 9.17) is 0 Å². The predicted octanol–water partition coefficient (Wildman–Crippen LogP) is 12.0. The number of rotatable bonds is 2. The van der Waals surface area contributed by atoms with Crippen LogP contribution in [0.4, 0.5) is 0 Å². The van der Waals surface area contributed by atoms with E-state index < -0.39 is 20.0 Å². The van der Waals surface area contributed by atoms with Crippen LogP contribution < -0.4 is 0 Å². The minimum atomic E-state index is -3.07. The molecule has 0 radical (unpaired) electrons. The topological polar surface area (TPSA) is 0 Å². The molecule has 0 amide bonds. The third kappa shape index (κ3) is 3.96. The summed E-state index contributed by atoms with van der Waals surface area (Å²) in [7, 11) is 0. The zero-order chi connectivity index (χ0) is 29.7. The van der Waals surface area contributed by atoms with Gasteiger partial charge in [0.1, 0.15) is 0 Å². The van der Waals surface area contributed by atoms with Gasteiger partial charge in [-0.3, -0.25) is 0 Å². The first-order valence-electron chi connectivity index (χ1n) is 16.6. The summed E-state index contributed by atoms with van der Waals surface area (Å²) in [5.41, 5.74) is 21.4. The van der Waals surface area contributed by atoms with Crippen molar-refractivity contribution in [2.24, 2.45) is 5.41 Å². The fourth-order valence-electron chi connectivity index (χ4n) is 9.82. The fourth-order valence-corrected chi connectivity index (χ4v) is 26.9. The second-order valence-corrected chi connectivity index (χ2v) is 32.0. The van der Waals surface area contributed by atoms with Gasteiger partial charge in [0.15, 0.2) is 0 Å². The van der Waals surface area contributed by atoms with Crippen LogP contribution in [0.3, 0.4) is 0 Å². The number of hydrogen-bond acceptors (Lipinski definition) is 0. The van der Waals surface area contributed by atoms with Crippen LogP contribution in [-0.4, -0.2) is 0 Å². The van der Waals surface area contributed by atoms with E-state index in [0.717, 1.165) is 0 Å². The molecule has 216 valence electrons. The van der Waals surface area contributed by atoms with Gasteiger partial charge in [-0.15, -0.1) is 0 Å². The maximum atomic E-state index is 2.80. The van der Waals surface area contributed by atoms with E-state index >= 15 is 0 Å². The van der Waals surface area contributed by atoms with Crippen LogP contribution in [0.2, 0.25) is 9.36 Å². The molecule has 1 saturated carbocycles. The van der Waals surface area contributed by atoms with Gasteiger partial charge >= 0.3 is 265 Å². The summed E-state index contributed by atoms with van der Waals surface area (Å²) in [4.78, 5) is 0. The molecule has 8 rings (SSSR count). The van der Waals surface area contributed by atoms with Crippen molar-refractivity contribution in [2.45, 2.75) is 76.5 Å². The monoisotopic (exact) mass is 728 g/mol. The van der Waals surface area contributed by atoms with Crippen molar-refractivity contribution in [3.05, 3.63) is 128 Å². The van der Waals surface area contributed by atoms with E-state index in [-0.39, 0.29) is 5.41 Å². The van der Waals surface area contributed by atoms with Gasteiger partial charge < -0.3 is 0 Å². The van der Waals surface area contributed by atoms with Gasteiger partial charge in [-0.25, -0.2) is 0 Å². The molecular weight excluding hydrogens is 683 g/mol. The van der Waals surface area contributed by atoms with E-state index in [1.54, 1.807) is 22.3 Å². The Labute approximate surface area is 263 Å². The zero-order valence-electron chi connectivity index (χ0n) is 26.8. The molecule has 3 aliphatic carbocycles. The molecule has 2 unspecified atom stereocenters. The molecule has 0 N–H and O–H groups in total. The van der Waals surface area contributed by atoms with Crippen LogP contribution in [0, 0.1) is 33.1 Å². The van der Waals surface area contributed by atoms with Gasteiger partial charge in [-0.05, 0) is 0 Å². The molecule has 2 fully saturated rings. The summed E-state index contributed by atoms with van der Waals surface area (Å²) in [6.45, 7) is 9.05. The van der Waals surface area contributed by atoms with Crippen LogP contribution >= 0.6 is 0 Å². The Kier molecular flexibility index (Phi) is 6.37. The average Bonchev–Trinajstić information content (AvgIpc) is 3.61. The van der Waals surface area contributed by atoms with Crippen LogP contribution in [0.15, 0.2) is 83.9 Å². The van der Waals surface area contributed by atoms with Crippen LogP contribution in [0.1, 0.15) is 84.0 Å². The molecule has 4 aromatic rings. The molecule has 4 aromatic carbocycles. The van der Waals surface area contributed by atoms with Crippen LogP contribution in [0.5, 0.6) is 0 Å². The van der Waals surface area contributed by atoms with Gasteiger partial charge in [0.05, 0.1) is 0 Å².